The molecule has 0 aliphatic rings. The second-order valence-electron chi connectivity index (χ2n) is 6.68. The van der Waals surface area contributed by atoms with Crippen LogP contribution >= 0.6 is 0 Å². The molecule has 0 aliphatic heterocycles. The van der Waals surface area contributed by atoms with Crippen LogP contribution in [0, 0.1) is 5.41 Å². The van der Waals surface area contributed by atoms with Crippen LogP contribution in [0.2, 0.25) is 0 Å². The van der Waals surface area contributed by atoms with Crippen LogP contribution in [0.15, 0.2) is 0 Å². The lowest BCUT2D eigenvalue weighted by atomic mass is 9.82. The van der Waals surface area contributed by atoms with E-state index < -0.39 is 0 Å². The molecule has 0 heterocycles. The van der Waals surface area contributed by atoms with Gasteiger partial charge in [0.05, 0.1) is 0 Å². The average molecular weight is 259 g/mol. The molecule has 0 radical (unpaired) electrons. The van der Waals surface area contributed by atoms with Gasteiger partial charge in [-0.15, -0.1) is 0 Å². The zero-order valence-corrected chi connectivity index (χ0v) is 13.4. The number of hydrogen-bond acceptors (Lipinski definition) is 3. The molecule has 0 aromatic rings. The first-order valence-electron chi connectivity index (χ1n) is 7.18. The molecule has 1 N–H and O–H groups in total. The van der Waals surface area contributed by atoms with Crippen LogP contribution in [0.5, 0.6) is 0 Å². The molecular formula is C15H33NO2. The summed E-state index contributed by atoms with van der Waals surface area (Å²) in [6.45, 7) is 17.7. The Hall–Kier alpha value is -0.120. The molecule has 0 aromatic heterocycles. The molecule has 3 nitrogen and oxygen atoms in total. The third-order valence-electron chi connectivity index (χ3n) is 2.66. The summed E-state index contributed by atoms with van der Waals surface area (Å²) in [5.41, 5.74) is 0.497. The fourth-order valence-electron chi connectivity index (χ4n) is 2.50. The highest BCUT2D eigenvalue weighted by Crippen LogP contribution is 2.26. The summed E-state index contributed by atoms with van der Waals surface area (Å²) in [6.07, 6.45) is 1.97. The van der Waals surface area contributed by atoms with E-state index in [1.807, 2.05) is 13.8 Å². The number of nitrogens with one attached hydrogen (secondary N) is 1. The van der Waals surface area contributed by atoms with Crippen LogP contribution in [0.1, 0.15) is 61.3 Å². The SMILES string of the molecule is CCOC(CCNC(C)(C)CC(C)(C)C)OCC. The lowest BCUT2D eigenvalue weighted by Crippen LogP contribution is -2.43. The molecule has 3 heteroatoms. The van der Waals surface area contributed by atoms with E-state index in [9.17, 15) is 0 Å². The largest absolute Gasteiger partial charge is 0.353 e. The number of rotatable bonds is 9. The Bertz CT molecular complexity index is 203. The van der Waals surface area contributed by atoms with Gasteiger partial charge in [0.25, 0.3) is 0 Å². The Morgan fingerprint density at radius 3 is 1.83 bits per heavy atom. The maximum absolute atomic E-state index is 5.54. The molecular weight excluding hydrogens is 226 g/mol. The summed E-state index contributed by atoms with van der Waals surface area (Å²) < 4.78 is 11.1. The molecule has 0 amide bonds. The summed E-state index contributed by atoms with van der Waals surface area (Å²) in [5, 5.41) is 3.60. The van der Waals surface area contributed by atoms with E-state index in [1.54, 1.807) is 0 Å². The third-order valence-corrected chi connectivity index (χ3v) is 2.66. The minimum absolute atomic E-state index is 0.0714. The zero-order valence-electron chi connectivity index (χ0n) is 13.4. The average Bonchev–Trinajstić information content (AvgIpc) is 2.14. The maximum atomic E-state index is 5.54. The smallest absolute Gasteiger partial charge is 0.158 e. The summed E-state index contributed by atoms with van der Waals surface area (Å²) in [5.74, 6) is 0. The van der Waals surface area contributed by atoms with E-state index in [0.29, 0.717) is 18.6 Å². The van der Waals surface area contributed by atoms with Crippen molar-refractivity contribution < 1.29 is 9.47 Å². The van der Waals surface area contributed by atoms with Crippen molar-refractivity contribution in [1.29, 1.82) is 0 Å². The van der Waals surface area contributed by atoms with Gasteiger partial charge in [-0.3, -0.25) is 0 Å². The Morgan fingerprint density at radius 1 is 0.944 bits per heavy atom. The fraction of sp³-hybridized carbons (Fsp3) is 1.00. The Balaban J connectivity index is 3.99. The van der Waals surface area contributed by atoms with E-state index in [-0.39, 0.29) is 11.8 Å². The van der Waals surface area contributed by atoms with Gasteiger partial charge in [0.15, 0.2) is 6.29 Å². The number of ether oxygens (including phenoxy) is 2. The molecule has 0 unspecified atom stereocenters. The molecule has 18 heavy (non-hydrogen) atoms. The monoisotopic (exact) mass is 259 g/mol. The first-order valence-corrected chi connectivity index (χ1v) is 7.18. The minimum Gasteiger partial charge on any atom is -0.353 e. The molecule has 0 saturated heterocycles. The lowest BCUT2D eigenvalue weighted by molar-refractivity contribution is -0.139. The number of hydrogen-bond donors (Lipinski definition) is 1. The van der Waals surface area contributed by atoms with Crippen molar-refractivity contribution in [3.05, 3.63) is 0 Å². The van der Waals surface area contributed by atoms with Crippen molar-refractivity contribution in [2.45, 2.75) is 73.1 Å². The Labute approximate surface area is 114 Å². The lowest BCUT2D eigenvalue weighted by Gasteiger charge is -2.34. The predicted octanol–water partition coefficient (Wildman–Crippen LogP) is 3.58. The van der Waals surface area contributed by atoms with Crippen LogP contribution in [0.25, 0.3) is 0 Å². The fourth-order valence-corrected chi connectivity index (χ4v) is 2.50. The van der Waals surface area contributed by atoms with Gasteiger partial charge < -0.3 is 14.8 Å². The zero-order chi connectivity index (χ0) is 14.2. The molecule has 0 spiro atoms. The van der Waals surface area contributed by atoms with Crippen molar-refractivity contribution in [3.63, 3.8) is 0 Å². The second kappa shape index (κ2) is 8.13. The molecule has 0 aliphatic carbocycles. The summed E-state index contributed by atoms with van der Waals surface area (Å²) >= 11 is 0. The maximum Gasteiger partial charge on any atom is 0.158 e. The van der Waals surface area contributed by atoms with Crippen molar-refractivity contribution in [2.75, 3.05) is 19.8 Å². The Kier molecular flexibility index (Phi) is 8.08. The van der Waals surface area contributed by atoms with Crippen LogP contribution in [0.4, 0.5) is 0 Å². The minimum atomic E-state index is -0.0714. The topological polar surface area (TPSA) is 30.5 Å². The predicted molar refractivity (Wildman–Crippen MR) is 77.8 cm³/mol. The van der Waals surface area contributed by atoms with Crippen molar-refractivity contribution >= 4 is 0 Å². The second-order valence-corrected chi connectivity index (χ2v) is 6.68. The van der Waals surface area contributed by atoms with Gasteiger partial charge >= 0.3 is 0 Å². The van der Waals surface area contributed by atoms with E-state index in [1.165, 1.54) is 0 Å². The molecule has 0 bridgehead atoms. The van der Waals surface area contributed by atoms with Gasteiger partial charge in [0.2, 0.25) is 0 Å². The summed E-state index contributed by atoms with van der Waals surface area (Å²) in [7, 11) is 0. The first-order chi connectivity index (χ1) is 8.20. The molecule has 0 fully saturated rings. The first kappa shape index (κ1) is 17.9. The van der Waals surface area contributed by atoms with E-state index in [4.69, 9.17) is 9.47 Å². The van der Waals surface area contributed by atoms with Crippen LogP contribution in [-0.2, 0) is 9.47 Å². The van der Waals surface area contributed by atoms with Gasteiger partial charge in [-0.1, -0.05) is 20.8 Å². The highest BCUT2D eigenvalue weighted by Gasteiger charge is 2.24. The highest BCUT2D eigenvalue weighted by atomic mass is 16.7. The van der Waals surface area contributed by atoms with E-state index in [2.05, 4.69) is 39.9 Å². The van der Waals surface area contributed by atoms with Crippen LogP contribution in [0.3, 0.4) is 0 Å². The molecule has 0 atom stereocenters. The van der Waals surface area contributed by atoms with E-state index in [0.717, 1.165) is 19.4 Å². The van der Waals surface area contributed by atoms with Gasteiger partial charge in [-0.05, 0) is 39.5 Å². The van der Waals surface area contributed by atoms with Crippen LogP contribution in [-0.4, -0.2) is 31.6 Å². The van der Waals surface area contributed by atoms with Crippen molar-refractivity contribution in [1.82, 2.24) is 5.32 Å². The van der Waals surface area contributed by atoms with E-state index >= 15 is 0 Å². The summed E-state index contributed by atoms with van der Waals surface area (Å²) in [4.78, 5) is 0. The summed E-state index contributed by atoms with van der Waals surface area (Å²) in [6, 6.07) is 0. The van der Waals surface area contributed by atoms with Crippen molar-refractivity contribution in [2.24, 2.45) is 5.41 Å². The molecule has 0 saturated carbocycles. The standard InChI is InChI=1S/C15H33NO2/c1-8-17-13(18-9-2)10-11-16-15(6,7)12-14(3,4)5/h13,16H,8-12H2,1-7H3. The quantitative estimate of drug-likeness (QED) is 0.642. The normalized spacial score (nSPS) is 13.3. The third kappa shape index (κ3) is 9.86. The van der Waals surface area contributed by atoms with Gasteiger partial charge in [0.1, 0.15) is 0 Å². The Morgan fingerprint density at radius 2 is 1.44 bits per heavy atom. The van der Waals surface area contributed by atoms with Crippen LogP contribution < -0.4 is 5.32 Å². The molecule has 110 valence electrons. The molecule has 0 aromatic carbocycles. The highest BCUT2D eigenvalue weighted by molar-refractivity contribution is 4.83. The van der Waals surface area contributed by atoms with Gasteiger partial charge in [-0.2, -0.15) is 0 Å². The molecule has 0 rings (SSSR count). The van der Waals surface area contributed by atoms with Crippen molar-refractivity contribution in [3.8, 4) is 0 Å². The van der Waals surface area contributed by atoms with Gasteiger partial charge in [-0.25, -0.2) is 0 Å². The van der Waals surface area contributed by atoms with Gasteiger partial charge in [0, 0.05) is 31.7 Å².